The van der Waals surface area contributed by atoms with Crippen molar-refractivity contribution in [3.8, 4) is 0 Å². The molecule has 0 aromatic carbocycles. The van der Waals surface area contributed by atoms with E-state index in [1.165, 1.54) is 0 Å². The molecule has 0 bridgehead atoms. The third kappa shape index (κ3) is 1.16. The number of nitrogens with one attached hydrogen (secondary N) is 1. The molecule has 9 heavy (non-hydrogen) atoms. The molecule has 0 atom stereocenters. The Hall–Kier alpha value is -1.12. The van der Waals surface area contributed by atoms with Gasteiger partial charge in [0, 0.05) is 0 Å². The van der Waals surface area contributed by atoms with E-state index in [-0.39, 0.29) is 0 Å². The van der Waals surface area contributed by atoms with E-state index in [9.17, 15) is 0 Å². The Morgan fingerprint density at radius 2 is 2.11 bits per heavy atom. The lowest BCUT2D eigenvalue weighted by atomic mass is 10.1. The Morgan fingerprint density at radius 1 is 1.44 bits per heavy atom. The number of rotatable bonds is 1. The fraction of sp³-hybridized carbons (Fsp3) is 0.333. The van der Waals surface area contributed by atoms with E-state index in [0.717, 1.165) is 12.8 Å². The van der Waals surface area contributed by atoms with Gasteiger partial charge in [-0.2, -0.15) is 5.11 Å². The molecule has 0 radical (unpaired) electrons. The second kappa shape index (κ2) is 2.44. The Morgan fingerprint density at radius 3 is 2.56 bits per heavy atom. The third-order valence-electron chi connectivity index (χ3n) is 1.28. The molecule has 0 aliphatic heterocycles. The van der Waals surface area contributed by atoms with Gasteiger partial charge >= 0.3 is 0 Å². The van der Waals surface area contributed by atoms with Gasteiger partial charge in [0.15, 0.2) is 0 Å². The van der Waals surface area contributed by atoms with Crippen LogP contribution in [0.15, 0.2) is 28.7 Å². The lowest BCUT2D eigenvalue weighted by Gasteiger charge is -2.04. The lowest BCUT2D eigenvalue weighted by molar-refractivity contribution is 0.938. The van der Waals surface area contributed by atoms with E-state index in [0.29, 0.717) is 11.4 Å². The molecule has 0 saturated carbocycles. The van der Waals surface area contributed by atoms with Crippen LogP contribution in [0.25, 0.3) is 0 Å². The van der Waals surface area contributed by atoms with Crippen molar-refractivity contribution in [2.75, 3.05) is 0 Å². The molecule has 0 aromatic rings. The smallest absolute Gasteiger partial charge is 0.104 e. The van der Waals surface area contributed by atoms with Crippen molar-refractivity contribution in [3.63, 3.8) is 0 Å². The summed E-state index contributed by atoms with van der Waals surface area (Å²) in [7, 11) is 0. The Labute approximate surface area is 53.8 Å². The standard InChI is InChI=1S/C6H9N3/c7-5-3-1-2-4-6(5)9-8/h3-4,8H,1-2,7H2. The molecule has 0 heterocycles. The van der Waals surface area contributed by atoms with Gasteiger partial charge in [-0.15, -0.1) is 0 Å². The molecule has 48 valence electrons. The first-order chi connectivity index (χ1) is 4.34. The van der Waals surface area contributed by atoms with Gasteiger partial charge in [-0.25, -0.2) is 5.53 Å². The van der Waals surface area contributed by atoms with Crippen LogP contribution < -0.4 is 5.73 Å². The molecule has 3 N–H and O–H groups in total. The molecule has 0 saturated heterocycles. The van der Waals surface area contributed by atoms with Gasteiger partial charge < -0.3 is 5.73 Å². The summed E-state index contributed by atoms with van der Waals surface area (Å²) in [6.45, 7) is 0. The van der Waals surface area contributed by atoms with Crippen molar-refractivity contribution in [2.45, 2.75) is 12.8 Å². The zero-order valence-corrected chi connectivity index (χ0v) is 5.09. The van der Waals surface area contributed by atoms with Crippen LogP contribution in [0, 0.1) is 5.53 Å². The maximum atomic E-state index is 6.66. The van der Waals surface area contributed by atoms with Gasteiger partial charge in [0.25, 0.3) is 0 Å². The monoisotopic (exact) mass is 123 g/mol. The van der Waals surface area contributed by atoms with Gasteiger partial charge in [0.2, 0.25) is 0 Å². The highest BCUT2D eigenvalue weighted by molar-refractivity contribution is 5.28. The number of allylic oxidation sites excluding steroid dienone is 2. The van der Waals surface area contributed by atoms with Crippen molar-refractivity contribution in [1.82, 2.24) is 0 Å². The van der Waals surface area contributed by atoms with Crippen molar-refractivity contribution < 1.29 is 0 Å². The molecule has 0 amide bonds. The van der Waals surface area contributed by atoms with Crippen molar-refractivity contribution >= 4 is 0 Å². The molecule has 3 heteroatoms. The Balaban J connectivity index is 2.79. The zero-order valence-electron chi connectivity index (χ0n) is 5.09. The number of nitrogens with two attached hydrogens (primary N) is 1. The number of hydrogen-bond donors (Lipinski definition) is 2. The van der Waals surface area contributed by atoms with Gasteiger partial charge in [0.1, 0.15) is 5.70 Å². The van der Waals surface area contributed by atoms with Crippen LogP contribution in [0.3, 0.4) is 0 Å². The van der Waals surface area contributed by atoms with E-state index < -0.39 is 0 Å². The molecule has 3 nitrogen and oxygen atoms in total. The molecule has 0 unspecified atom stereocenters. The number of nitrogens with zero attached hydrogens (tertiary/aromatic N) is 1. The van der Waals surface area contributed by atoms with Gasteiger partial charge in [-0.3, -0.25) is 0 Å². The fourth-order valence-electron chi connectivity index (χ4n) is 0.792. The molecular weight excluding hydrogens is 114 g/mol. The lowest BCUT2D eigenvalue weighted by Crippen LogP contribution is -2.01. The largest absolute Gasteiger partial charge is 0.397 e. The SMILES string of the molecule is N=NC1=CCCC=C1N. The first kappa shape index (κ1) is 6.01. The van der Waals surface area contributed by atoms with Crippen LogP contribution in [-0.4, -0.2) is 0 Å². The summed E-state index contributed by atoms with van der Waals surface area (Å²) in [5.74, 6) is 0. The topological polar surface area (TPSA) is 62.2 Å². The summed E-state index contributed by atoms with van der Waals surface area (Å²) in [6, 6.07) is 0. The Kier molecular flexibility index (Phi) is 1.63. The summed E-state index contributed by atoms with van der Waals surface area (Å²) in [5.41, 5.74) is 13.4. The summed E-state index contributed by atoms with van der Waals surface area (Å²) in [4.78, 5) is 0. The second-order valence-electron chi connectivity index (χ2n) is 1.94. The highest BCUT2D eigenvalue weighted by Gasteiger charge is 2.01. The average molecular weight is 123 g/mol. The summed E-state index contributed by atoms with van der Waals surface area (Å²) >= 11 is 0. The van der Waals surface area contributed by atoms with Crippen molar-refractivity contribution in [2.24, 2.45) is 10.8 Å². The fourth-order valence-corrected chi connectivity index (χ4v) is 0.792. The molecule has 1 rings (SSSR count). The summed E-state index contributed by atoms with van der Waals surface area (Å²) in [6.07, 6.45) is 5.71. The molecule has 0 fully saturated rings. The van der Waals surface area contributed by atoms with Crippen LogP contribution in [0.1, 0.15) is 12.8 Å². The normalized spacial score (nSPS) is 18.2. The quantitative estimate of drug-likeness (QED) is 0.510. The molecule has 1 aliphatic rings. The third-order valence-corrected chi connectivity index (χ3v) is 1.28. The van der Waals surface area contributed by atoms with Crippen LogP contribution in [0.2, 0.25) is 0 Å². The van der Waals surface area contributed by atoms with E-state index in [4.69, 9.17) is 11.3 Å². The number of hydrogen-bond acceptors (Lipinski definition) is 3. The molecule has 1 aliphatic carbocycles. The van der Waals surface area contributed by atoms with Gasteiger partial charge in [-0.1, -0.05) is 12.2 Å². The first-order valence-electron chi connectivity index (χ1n) is 2.88. The van der Waals surface area contributed by atoms with Crippen LogP contribution in [0.4, 0.5) is 0 Å². The first-order valence-corrected chi connectivity index (χ1v) is 2.88. The second-order valence-corrected chi connectivity index (χ2v) is 1.94. The minimum absolute atomic E-state index is 0.612. The van der Waals surface area contributed by atoms with Gasteiger partial charge in [-0.05, 0) is 12.8 Å². The summed E-state index contributed by atoms with van der Waals surface area (Å²) < 4.78 is 0. The van der Waals surface area contributed by atoms with E-state index in [2.05, 4.69) is 5.11 Å². The van der Waals surface area contributed by atoms with E-state index in [1.807, 2.05) is 12.2 Å². The van der Waals surface area contributed by atoms with Crippen LogP contribution in [0.5, 0.6) is 0 Å². The average Bonchev–Trinajstić information content (AvgIpc) is 1.89. The predicted molar refractivity (Wildman–Crippen MR) is 34.7 cm³/mol. The van der Waals surface area contributed by atoms with Gasteiger partial charge in [0.05, 0.1) is 5.70 Å². The predicted octanol–water partition coefficient (Wildman–Crippen LogP) is 1.54. The highest BCUT2D eigenvalue weighted by atomic mass is 15.0. The summed E-state index contributed by atoms with van der Waals surface area (Å²) in [5, 5.41) is 3.25. The van der Waals surface area contributed by atoms with Crippen molar-refractivity contribution in [3.05, 3.63) is 23.5 Å². The van der Waals surface area contributed by atoms with Crippen LogP contribution in [-0.2, 0) is 0 Å². The molecule has 0 aromatic heterocycles. The van der Waals surface area contributed by atoms with Crippen LogP contribution >= 0.6 is 0 Å². The maximum Gasteiger partial charge on any atom is 0.104 e. The van der Waals surface area contributed by atoms with E-state index in [1.54, 1.807) is 0 Å². The molecule has 0 spiro atoms. The van der Waals surface area contributed by atoms with E-state index >= 15 is 0 Å². The highest BCUT2D eigenvalue weighted by Crippen LogP contribution is 2.14. The minimum Gasteiger partial charge on any atom is -0.397 e. The maximum absolute atomic E-state index is 6.66. The van der Waals surface area contributed by atoms with Crippen molar-refractivity contribution in [1.29, 1.82) is 5.53 Å². The zero-order chi connectivity index (χ0) is 6.69. The Bertz CT molecular complexity index is 179. The minimum atomic E-state index is 0.612. The molecular formula is C6H9N3.